The Morgan fingerprint density at radius 1 is 0.548 bits per heavy atom. The molecular formula is C58H69BN2O. The van der Waals surface area contributed by atoms with Gasteiger partial charge in [-0.15, -0.1) is 0 Å². The quantitative estimate of drug-likeness (QED) is 0.166. The van der Waals surface area contributed by atoms with Crippen LogP contribution in [0.15, 0.2) is 95.4 Å². The van der Waals surface area contributed by atoms with Gasteiger partial charge in [-0.1, -0.05) is 146 Å². The molecule has 6 aromatic rings. The van der Waals surface area contributed by atoms with Crippen LogP contribution in [-0.4, -0.2) is 6.71 Å². The van der Waals surface area contributed by atoms with Crippen molar-refractivity contribution in [2.75, 3.05) is 9.80 Å². The second-order valence-electron chi connectivity index (χ2n) is 24.0. The van der Waals surface area contributed by atoms with Gasteiger partial charge in [-0.25, -0.2) is 0 Å². The predicted octanol–water partition coefficient (Wildman–Crippen LogP) is 14.8. The monoisotopic (exact) mass is 821 g/mol. The highest BCUT2D eigenvalue weighted by Crippen LogP contribution is 2.52. The summed E-state index contributed by atoms with van der Waals surface area (Å²) in [5, 5.41) is 1.23. The Labute approximate surface area is 373 Å². The molecule has 2 aliphatic heterocycles. The fraction of sp³-hybridized carbons (Fsp3) is 0.448. The maximum atomic E-state index is 7.56. The number of furan rings is 1. The van der Waals surface area contributed by atoms with E-state index in [1.165, 1.54) is 129 Å². The number of nitrogens with zero attached hydrogens (tertiary/aromatic N) is 2. The van der Waals surface area contributed by atoms with Gasteiger partial charge in [0.15, 0.2) is 0 Å². The second-order valence-corrected chi connectivity index (χ2v) is 24.0. The van der Waals surface area contributed by atoms with Crippen LogP contribution in [0.4, 0.5) is 34.1 Å². The summed E-state index contributed by atoms with van der Waals surface area (Å²) in [5.74, 6) is 0.529. The van der Waals surface area contributed by atoms with Crippen molar-refractivity contribution < 1.29 is 4.42 Å². The third kappa shape index (κ3) is 6.59. The average Bonchev–Trinajstić information content (AvgIpc) is 3.59. The summed E-state index contributed by atoms with van der Waals surface area (Å²) in [5.41, 5.74) is 20.8. The van der Waals surface area contributed by atoms with Crippen LogP contribution in [0, 0.1) is 0 Å². The summed E-state index contributed by atoms with van der Waals surface area (Å²) in [6.07, 6.45) is 8.74. The van der Waals surface area contributed by atoms with Crippen molar-refractivity contribution in [3.05, 3.63) is 124 Å². The second kappa shape index (κ2) is 13.9. The Hall–Kier alpha value is -4.70. The molecule has 0 radical (unpaired) electrons. The van der Waals surface area contributed by atoms with Gasteiger partial charge < -0.3 is 14.2 Å². The third-order valence-electron chi connectivity index (χ3n) is 15.6. The number of rotatable bonds is 3. The molecule has 0 saturated heterocycles. The first kappa shape index (κ1) is 41.3. The van der Waals surface area contributed by atoms with Crippen molar-refractivity contribution in [3.63, 3.8) is 0 Å². The first-order chi connectivity index (χ1) is 29.1. The van der Waals surface area contributed by atoms with E-state index in [1.54, 1.807) is 0 Å². The summed E-state index contributed by atoms with van der Waals surface area (Å²) in [6, 6.07) is 36.5. The fourth-order valence-corrected chi connectivity index (χ4v) is 11.5. The summed E-state index contributed by atoms with van der Waals surface area (Å²) >= 11 is 0. The van der Waals surface area contributed by atoms with Crippen molar-refractivity contribution in [1.82, 2.24) is 0 Å². The van der Waals surface area contributed by atoms with Crippen molar-refractivity contribution in [2.45, 2.75) is 168 Å². The van der Waals surface area contributed by atoms with Crippen molar-refractivity contribution in [2.24, 2.45) is 0 Å². The molecule has 0 unspecified atom stereocenters. The van der Waals surface area contributed by atoms with Crippen LogP contribution >= 0.6 is 0 Å². The number of benzene rings is 5. The highest BCUT2D eigenvalue weighted by atomic mass is 16.3. The summed E-state index contributed by atoms with van der Waals surface area (Å²) < 4.78 is 7.56. The molecule has 3 heterocycles. The predicted molar refractivity (Wildman–Crippen MR) is 267 cm³/mol. The Kier molecular flexibility index (Phi) is 9.27. The highest BCUT2D eigenvalue weighted by Gasteiger charge is 2.48. The Morgan fingerprint density at radius 3 is 1.60 bits per heavy atom. The van der Waals surface area contributed by atoms with Gasteiger partial charge in [-0.3, -0.25) is 0 Å². The first-order valence-corrected chi connectivity index (χ1v) is 23.9. The van der Waals surface area contributed by atoms with Gasteiger partial charge >= 0.3 is 0 Å². The lowest BCUT2D eigenvalue weighted by Gasteiger charge is -2.44. The number of hydrogen-bond acceptors (Lipinski definition) is 3. The molecular weight excluding hydrogens is 751 g/mol. The van der Waals surface area contributed by atoms with Crippen LogP contribution in [-0.2, 0) is 27.1 Å². The van der Waals surface area contributed by atoms with Crippen molar-refractivity contribution in [3.8, 4) is 0 Å². The van der Waals surface area contributed by atoms with E-state index in [0.717, 1.165) is 11.2 Å². The van der Waals surface area contributed by atoms with E-state index in [-0.39, 0.29) is 33.8 Å². The standard InChI is InChI=1S/C58H69BN2O/c1-54(2,3)38-19-24-41(25-20-38)60-47-28-23-40(56(7,8)9)33-46(47)59-51-48(60)31-37(36-17-15-14-16-18-36)32-49(51)61(42-26-21-39(22-27-42)55(4,5)6)52-43-34-44-45(35-50(43)62-53(52)59)58(12,13)30-29-57(44,10)11/h19-28,31-36H,14-18,29-30H2,1-13H3. The van der Waals surface area contributed by atoms with Crippen LogP contribution < -0.4 is 26.4 Å². The molecule has 4 aliphatic rings. The molecule has 0 N–H and O–H groups in total. The van der Waals surface area contributed by atoms with Crippen LogP contribution in [0.3, 0.4) is 0 Å². The molecule has 62 heavy (non-hydrogen) atoms. The molecule has 320 valence electrons. The van der Waals surface area contributed by atoms with E-state index in [1.807, 2.05) is 0 Å². The molecule has 0 bridgehead atoms. The molecule has 5 aromatic carbocycles. The average molecular weight is 821 g/mol. The lowest BCUT2D eigenvalue weighted by atomic mass is 9.35. The molecule has 0 atom stereocenters. The van der Waals surface area contributed by atoms with Gasteiger partial charge in [0.05, 0.1) is 11.3 Å². The number of anilines is 6. The minimum Gasteiger partial charge on any atom is -0.468 e. The van der Waals surface area contributed by atoms with Gasteiger partial charge in [-0.05, 0) is 158 Å². The molecule has 1 fully saturated rings. The minimum atomic E-state index is -0.0756. The summed E-state index contributed by atoms with van der Waals surface area (Å²) in [4.78, 5) is 5.23. The molecule has 0 spiro atoms. The zero-order chi connectivity index (χ0) is 43.9. The molecule has 10 rings (SSSR count). The van der Waals surface area contributed by atoms with E-state index in [4.69, 9.17) is 4.42 Å². The van der Waals surface area contributed by atoms with Gasteiger partial charge in [0.2, 0.25) is 0 Å². The molecule has 0 amide bonds. The normalized spacial score (nSPS) is 18.4. The number of fused-ring (bicyclic) bond motifs is 7. The van der Waals surface area contributed by atoms with Crippen LogP contribution in [0.1, 0.15) is 174 Å². The van der Waals surface area contributed by atoms with E-state index >= 15 is 0 Å². The van der Waals surface area contributed by atoms with E-state index < -0.39 is 0 Å². The molecule has 1 aromatic heterocycles. The molecule has 1 saturated carbocycles. The maximum absolute atomic E-state index is 7.56. The minimum absolute atomic E-state index is 0.0232. The SMILES string of the molecule is CC(C)(C)c1ccc(N2c3ccc(C(C)(C)C)cc3B3c4oc5cc6c(cc5c4N(c4ccc(C(C)(C)C)cc4)c4cc(C5CCCCC5)cc2c43)C(C)(C)CCC6(C)C)cc1. The van der Waals surface area contributed by atoms with Crippen molar-refractivity contribution in [1.29, 1.82) is 0 Å². The van der Waals surface area contributed by atoms with E-state index in [9.17, 15) is 0 Å². The summed E-state index contributed by atoms with van der Waals surface area (Å²) in [7, 11) is 0. The third-order valence-corrected chi connectivity index (χ3v) is 15.6. The smallest absolute Gasteiger partial charge is 0.297 e. The van der Waals surface area contributed by atoms with Gasteiger partial charge in [0.1, 0.15) is 5.58 Å². The Balaban J connectivity index is 1.33. The van der Waals surface area contributed by atoms with Crippen molar-refractivity contribution >= 4 is 68.4 Å². The first-order valence-electron chi connectivity index (χ1n) is 23.9. The van der Waals surface area contributed by atoms with E-state index in [0.29, 0.717) is 5.92 Å². The van der Waals surface area contributed by atoms with Gasteiger partial charge in [-0.2, -0.15) is 0 Å². The fourth-order valence-electron chi connectivity index (χ4n) is 11.5. The molecule has 3 nitrogen and oxygen atoms in total. The maximum Gasteiger partial charge on any atom is 0.297 e. The topological polar surface area (TPSA) is 19.6 Å². The van der Waals surface area contributed by atoms with E-state index in [2.05, 4.69) is 191 Å². The lowest BCUT2D eigenvalue weighted by Crippen LogP contribution is -2.61. The van der Waals surface area contributed by atoms with Crippen LogP contribution in [0.5, 0.6) is 0 Å². The zero-order valence-electron chi connectivity index (χ0n) is 40.1. The van der Waals surface area contributed by atoms with Crippen LogP contribution in [0.25, 0.3) is 11.0 Å². The zero-order valence-corrected chi connectivity index (χ0v) is 40.1. The molecule has 2 aliphatic carbocycles. The van der Waals surface area contributed by atoms with Gasteiger partial charge in [0.25, 0.3) is 6.71 Å². The molecule has 4 heteroatoms. The Morgan fingerprint density at radius 2 is 1.05 bits per heavy atom. The van der Waals surface area contributed by atoms with Crippen LogP contribution in [0.2, 0.25) is 0 Å². The number of hydrogen-bond donors (Lipinski definition) is 0. The largest absolute Gasteiger partial charge is 0.468 e. The van der Waals surface area contributed by atoms with Gasteiger partial charge in [0, 0.05) is 33.8 Å². The Bertz CT molecular complexity index is 2720. The lowest BCUT2D eigenvalue weighted by molar-refractivity contribution is 0.332. The highest BCUT2D eigenvalue weighted by molar-refractivity contribution is 7.00. The summed E-state index contributed by atoms with van der Waals surface area (Å²) in [6.45, 7) is 30.6.